The maximum atomic E-state index is 11.0. The van der Waals surface area contributed by atoms with Crippen molar-refractivity contribution in [3.8, 4) is 5.75 Å². The van der Waals surface area contributed by atoms with Crippen LogP contribution in [0.4, 0.5) is 5.69 Å². The molecule has 0 saturated carbocycles. The number of nitrogen functional groups attached to an aromatic ring is 1. The van der Waals surface area contributed by atoms with Crippen molar-refractivity contribution in [3.63, 3.8) is 0 Å². The predicted octanol–water partition coefficient (Wildman–Crippen LogP) is 3.49. The van der Waals surface area contributed by atoms with Crippen molar-refractivity contribution in [2.24, 2.45) is 0 Å². The third kappa shape index (κ3) is 3.59. The van der Waals surface area contributed by atoms with Gasteiger partial charge in [-0.3, -0.25) is 0 Å². The Hall–Kier alpha value is -3.54. The molecule has 0 amide bonds. The van der Waals surface area contributed by atoms with Crippen LogP contribution < -0.4 is 17.0 Å². The molecule has 0 aliphatic carbocycles. The number of phenolic OH excluding ortho intramolecular Hbond substituents is 1. The molecule has 26 heavy (non-hydrogen) atoms. The normalized spacial score (nSPS) is 10.5. The molecule has 2 aromatic carbocycles. The summed E-state index contributed by atoms with van der Waals surface area (Å²) in [5.74, 6) is 0.0984. The molecule has 0 fully saturated rings. The van der Waals surface area contributed by atoms with Gasteiger partial charge in [0.05, 0.1) is 0 Å². The van der Waals surface area contributed by atoms with Crippen molar-refractivity contribution >= 4 is 27.6 Å². The topological polar surface area (TPSA) is 107 Å². The third-order valence-electron chi connectivity index (χ3n) is 3.91. The maximum absolute atomic E-state index is 11.0. The van der Waals surface area contributed by atoms with E-state index in [1.807, 2.05) is 19.9 Å². The van der Waals surface area contributed by atoms with Crippen LogP contribution in [0.25, 0.3) is 21.9 Å². The number of nitrogens with two attached hydrogens (primary N) is 1. The minimum absolute atomic E-state index is 0.0984. The van der Waals surface area contributed by atoms with Gasteiger partial charge in [-0.05, 0) is 49.2 Å². The monoisotopic (exact) mass is 351 g/mol. The van der Waals surface area contributed by atoms with Crippen LogP contribution in [0, 0.1) is 13.8 Å². The first-order valence-electron chi connectivity index (χ1n) is 7.87. The number of hydrogen-bond acceptors (Lipinski definition) is 6. The molecule has 0 saturated heterocycles. The first-order chi connectivity index (χ1) is 12.3. The van der Waals surface area contributed by atoms with Crippen LogP contribution in [-0.4, -0.2) is 5.11 Å². The molecule has 0 radical (unpaired) electrons. The summed E-state index contributed by atoms with van der Waals surface area (Å²) in [6.45, 7) is 3.70. The summed E-state index contributed by atoms with van der Waals surface area (Å²) in [7, 11) is 0. The zero-order valence-electron chi connectivity index (χ0n) is 14.3. The van der Waals surface area contributed by atoms with E-state index in [0.29, 0.717) is 16.9 Å². The fraction of sp³-hybridized carbons (Fsp3) is 0.100. The van der Waals surface area contributed by atoms with Crippen molar-refractivity contribution in [1.82, 2.24) is 0 Å². The lowest BCUT2D eigenvalue weighted by Crippen LogP contribution is -1.98. The second-order valence-corrected chi connectivity index (χ2v) is 5.93. The fourth-order valence-corrected chi connectivity index (χ4v) is 2.66. The van der Waals surface area contributed by atoms with Gasteiger partial charge in [0.25, 0.3) is 0 Å². The van der Waals surface area contributed by atoms with Crippen molar-refractivity contribution in [2.75, 3.05) is 5.73 Å². The average molecular weight is 351 g/mol. The highest BCUT2D eigenvalue weighted by Crippen LogP contribution is 2.21. The molecule has 6 nitrogen and oxygen atoms in total. The second-order valence-electron chi connectivity index (χ2n) is 5.93. The van der Waals surface area contributed by atoms with Crippen LogP contribution in [0.1, 0.15) is 11.1 Å². The molecule has 0 atom stereocenters. The van der Waals surface area contributed by atoms with Crippen molar-refractivity contribution < 1.29 is 13.9 Å². The van der Waals surface area contributed by atoms with Gasteiger partial charge >= 0.3 is 11.3 Å². The van der Waals surface area contributed by atoms with E-state index < -0.39 is 5.63 Å². The number of aromatic hydroxyl groups is 1. The van der Waals surface area contributed by atoms with E-state index in [2.05, 4.69) is 0 Å². The van der Waals surface area contributed by atoms with Gasteiger partial charge in [0.15, 0.2) is 0 Å². The zero-order valence-corrected chi connectivity index (χ0v) is 14.3. The summed E-state index contributed by atoms with van der Waals surface area (Å²) in [5.41, 5.74) is 8.16. The highest BCUT2D eigenvalue weighted by Gasteiger charge is 2.02. The average Bonchev–Trinajstić information content (AvgIpc) is 2.54. The van der Waals surface area contributed by atoms with Crippen LogP contribution in [-0.2, 0) is 0 Å². The Morgan fingerprint density at radius 1 is 0.769 bits per heavy atom. The smallest absolute Gasteiger partial charge is 0.336 e. The summed E-state index contributed by atoms with van der Waals surface area (Å²) in [6, 6.07) is 12.9. The first-order valence-corrected chi connectivity index (χ1v) is 7.87. The van der Waals surface area contributed by atoms with Gasteiger partial charge in [0, 0.05) is 40.7 Å². The van der Waals surface area contributed by atoms with Gasteiger partial charge in [-0.15, -0.1) is 0 Å². The molecule has 6 heteroatoms. The van der Waals surface area contributed by atoms with Crippen LogP contribution in [0.3, 0.4) is 0 Å². The van der Waals surface area contributed by atoms with Gasteiger partial charge in [-0.25, -0.2) is 9.59 Å². The summed E-state index contributed by atoms with van der Waals surface area (Å²) in [5, 5.41) is 10.9. The highest BCUT2D eigenvalue weighted by molar-refractivity contribution is 5.82. The number of fused-ring (bicyclic) bond motifs is 2. The molecule has 0 aliphatic heterocycles. The number of hydrogen-bond donors (Lipinski definition) is 2. The minimum Gasteiger partial charge on any atom is -0.508 e. The van der Waals surface area contributed by atoms with E-state index >= 15 is 0 Å². The summed E-state index contributed by atoms with van der Waals surface area (Å²) in [6.07, 6.45) is 0. The van der Waals surface area contributed by atoms with E-state index in [4.69, 9.17) is 19.7 Å². The molecule has 4 aromatic rings. The molecule has 0 unspecified atom stereocenters. The Morgan fingerprint density at radius 3 is 1.85 bits per heavy atom. The molecule has 0 bridgehead atoms. The van der Waals surface area contributed by atoms with E-state index in [-0.39, 0.29) is 11.4 Å². The molecule has 0 spiro atoms. The zero-order chi connectivity index (χ0) is 18.8. The van der Waals surface area contributed by atoms with Crippen molar-refractivity contribution in [1.29, 1.82) is 0 Å². The molecular formula is C20H17NO5. The first kappa shape index (κ1) is 17.3. The lowest BCUT2D eigenvalue weighted by Gasteiger charge is -2.00. The Kier molecular flexibility index (Phi) is 4.49. The second kappa shape index (κ2) is 6.76. The molecule has 2 heterocycles. The Morgan fingerprint density at radius 2 is 1.27 bits per heavy atom. The maximum Gasteiger partial charge on any atom is 0.336 e. The van der Waals surface area contributed by atoms with Crippen LogP contribution >= 0.6 is 0 Å². The van der Waals surface area contributed by atoms with E-state index in [0.717, 1.165) is 21.9 Å². The van der Waals surface area contributed by atoms with Crippen molar-refractivity contribution in [3.05, 3.63) is 80.5 Å². The Labute approximate surface area is 148 Å². The third-order valence-corrected chi connectivity index (χ3v) is 3.91. The van der Waals surface area contributed by atoms with Crippen LogP contribution in [0.15, 0.2) is 67.0 Å². The molecular weight excluding hydrogens is 334 g/mol. The minimum atomic E-state index is -0.393. The lowest BCUT2D eigenvalue weighted by molar-refractivity contribution is 0.473. The number of anilines is 1. The van der Waals surface area contributed by atoms with Crippen LogP contribution in [0.5, 0.6) is 5.75 Å². The summed E-state index contributed by atoms with van der Waals surface area (Å²) in [4.78, 5) is 22.0. The van der Waals surface area contributed by atoms with Gasteiger partial charge in [-0.1, -0.05) is 0 Å². The quantitative estimate of drug-likeness (QED) is 0.371. The van der Waals surface area contributed by atoms with Gasteiger partial charge in [-0.2, -0.15) is 0 Å². The molecule has 132 valence electrons. The van der Waals surface area contributed by atoms with Gasteiger partial charge in [0.2, 0.25) is 0 Å². The molecule has 4 rings (SSSR count). The molecule has 0 aliphatic rings. The largest absolute Gasteiger partial charge is 0.508 e. The number of benzene rings is 2. The van der Waals surface area contributed by atoms with Gasteiger partial charge in [0.1, 0.15) is 16.9 Å². The highest BCUT2D eigenvalue weighted by atomic mass is 16.4. The lowest BCUT2D eigenvalue weighted by atomic mass is 10.1. The van der Waals surface area contributed by atoms with Crippen LogP contribution in [0.2, 0.25) is 0 Å². The number of rotatable bonds is 0. The SMILES string of the molecule is Cc1cc(=O)oc2cc(N)ccc12.Cc1cc(=O)oc2cc(O)ccc12. The fourth-order valence-electron chi connectivity index (χ4n) is 2.66. The standard InChI is InChI=1S/C10H9NO2.C10H8O3/c2*1-6-4-10(12)13-9-5-7(11)2-3-8(6)9/h2-5H,11H2,1H3;2-5,11H,1H3. The number of phenols is 1. The summed E-state index contributed by atoms with van der Waals surface area (Å²) < 4.78 is 9.90. The predicted molar refractivity (Wildman–Crippen MR) is 101 cm³/mol. The van der Waals surface area contributed by atoms with E-state index in [1.54, 1.807) is 24.3 Å². The molecule has 2 aromatic heterocycles. The summed E-state index contributed by atoms with van der Waals surface area (Å²) >= 11 is 0. The van der Waals surface area contributed by atoms with E-state index in [9.17, 15) is 9.59 Å². The Bertz CT molecular complexity index is 1120. The van der Waals surface area contributed by atoms with Gasteiger partial charge < -0.3 is 19.7 Å². The molecule has 3 N–H and O–H groups in total. The van der Waals surface area contributed by atoms with E-state index in [1.165, 1.54) is 18.2 Å². The van der Waals surface area contributed by atoms with Crippen molar-refractivity contribution in [2.45, 2.75) is 13.8 Å². The number of aryl methyl sites for hydroxylation is 2. The Balaban J connectivity index is 0.000000151.